The highest BCUT2D eigenvalue weighted by molar-refractivity contribution is 5.75. The Kier molecular flexibility index (Phi) is 9.58. The summed E-state index contributed by atoms with van der Waals surface area (Å²) in [7, 11) is 1.40. The lowest BCUT2D eigenvalue weighted by Gasteiger charge is -2.02. The van der Waals surface area contributed by atoms with Crippen LogP contribution in [-0.2, 0) is 19.4 Å². The fourth-order valence-electron chi connectivity index (χ4n) is 1.21. The van der Waals surface area contributed by atoms with Crippen LogP contribution in [0.25, 0.3) is 0 Å². The van der Waals surface area contributed by atoms with Crippen molar-refractivity contribution in [2.75, 3.05) is 7.11 Å². The zero-order chi connectivity index (χ0) is 12.2. The van der Waals surface area contributed by atoms with Crippen LogP contribution in [0.3, 0.4) is 0 Å². The van der Waals surface area contributed by atoms with E-state index in [9.17, 15) is 9.59 Å². The number of carbonyl (C=O) groups excluding carboxylic acids is 2. The SMILES string of the molecule is CONC(=O)CCCCCCC(=O)NON. The van der Waals surface area contributed by atoms with Gasteiger partial charge < -0.3 is 0 Å². The van der Waals surface area contributed by atoms with Crippen molar-refractivity contribution in [2.24, 2.45) is 5.90 Å². The van der Waals surface area contributed by atoms with Crippen LogP contribution in [0.15, 0.2) is 0 Å². The summed E-state index contributed by atoms with van der Waals surface area (Å²) < 4.78 is 0. The summed E-state index contributed by atoms with van der Waals surface area (Å²) in [4.78, 5) is 30.2. The number of hydrogen-bond donors (Lipinski definition) is 3. The fourth-order valence-corrected chi connectivity index (χ4v) is 1.21. The van der Waals surface area contributed by atoms with Gasteiger partial charge in [0.15, 0.2) is 0 Å². The van der Waals surface area contributed by atoms with Crippen LogP contribution in [0.2, 0.25) is 0 Å². The Morgan fingerprint density at radius 1 is 1.00 bits per heavy atom. The Morgan fingerprint density at radius 2 is 1.50 bits per heavy atom. The van der Waals surface area contributed by atoms with Crippen molar-refractivity contribution in [1.82, 2.24) is 11.0 Å². The third-order valence-corrected chi connectivity index (χ3v) is 1.95. The Labute approximate surface area is 94.5 Å². The van der Waals surface area contributed by atoms with Gasteiger partial charge in [-0.15, -0.1) is 0 Å². The van der Waals surface area contributed by atoms with E-state index < -0.39 is 0 Å². The second-order valence-electron chi connectivity index (χ2n) is 3.29. The van der Waals surface area contributed by atoms with E-state index >= 15 is 0 Å². The van der Waals surface area contributed by atoms with Crippen molar-refractivity contribution >= 4 is 11.8 Å². The molecule has 94 valence electrons. The first-order valence-electron chi connectivity index (χ1n) is 5.17. The average molecular weight is 233 g/mol. The molecule has 0 rings (SSSR count). The van der Waals surface area contributed by atoms with Gasteiger partial charge in [-0.1, -0.05) is 12.8 Å². The first-order chi connectivity index (χ1) is 7.70. The zero-order valence-electron chi connectivity index (χ0n) is 9.45. The molecule has 0 saturated heterocycles. The zero-order valence-corrected chi connectivity index (χ0v) is 9.45. The second kappa shape index (κ2) is 10.3. The molecule has 0 aromatic carbocycles. The number of hydroxylamine groups is 2. The number of hydrogen-bond acceptors (Lipinski definition) is 5. The molecule has 0 aromatic heterocycles. The highest BCUT2D eigenvalue weighted by Crippen LogP contribution is 2.05. The van der Waals surface area contributed by atoms with Gasteiger partial charge in [-0.25, -0.2) is 11.0 Å². The maximum Gasteiger partial charge on any atom is 0.245 e. The van der Waals surface area contributed by atoms with E-state index in [1.165, 1.54) is 7.11 Å². The first kappa shape index (κ1) is 14.8. The Morgan fingerprint density at radius 3 is 1.94 bits per heavy atom. The predicted molar refractivity (Wildman–Crippen MR) is 56.3 cm³/mol. The molecule has 0 heterocycles. The smallest absolute Gasteiger partial charge is 0.245 e. The fraction of sp³-hybridized carbons (Fsp3) is 0.778. The molecular formula is C9H19N3O4. The molecule has 4 N–H and O–H groups in total. The van der Waals surface area contributed by atoms with Crippen LogP contribution in [0, 0.1) is 0 Å². The molecule has 0 saturated carbocycles. The molecule has 0 aliphatic carbocycles. The topological polar surface area (TPSA) is 103 Å². The van der Waals surface area contributed by atoms with Gasteiger partial charge in [0, 0.05) is 12.8 Å². The maximum atomic E-state index is 10.9. The van der Waals surface area contributed by atoms with Crippen molar-refractivity contribution < 1.29 is 19.4 Å². The molecule has 7 heteroatoms. The summed E-state index contributed by atoms with van der Waals surface area (Å²) in [5, 5.41) is 0. The van der Waals surface area contributed by atoms with Crippen LogP contribution in [0.5, 0.6) is 0 Å². The number of amides is 2. The van der Waals surface area contributed by atoms with Gasteiger partial charge in [0.05, 0.1) is 7.11 Å². The molecule has 0 aromatic rings. The molecule has 0 spiro atoms. The molecule has 0 aliphatic rings. The van der Waals surface area contributed by atoms with Crippen molar-refractivity contribution in [2.45, 2.75) is 38.5 Å². The van der Waals surface area contributed by atoms with Crippen LogP contribution in [0.1, 0.15) is 38.5 Å². The minimum Gasteiger partial charge on any atom is -0.277 e. The molecule has 0 atom stereocenters. The summed E-state index contributed by atoms with van der Waals surface area (Å²) in [6, 6.07) is 0. The first-order valence-corrected chi connectivity index (χ1v) is 5.17. The quantitative estimate of drug-likeness (QED) is 0.382. The van der Waals surface area contributed by atoms with Gasteiger partial charge in [0.25, 0.3) is 0 Å². The summed E-state index contributed by atoms with van der Waals surface area (Å²) in [6.07, 6.45) is 4.13. The summed E-state index contributed by atoms with van der Waals surface area (Å²) in [6.45, 7) is 0. The molecule has 0 fully saturated rings. The highest BCUT2D eigenvalue weighted by Gasteiger charge is 2.01. The van der Waals surface area contributed by atoms with Crippen molar-refractivity contribution in [3.63, 3.8) is 0 Å². The minimum absolute atomic E-state index is 0.128. The minimum atomic E-state index is -0.236. The summed E-state index contributed by atoms with van der Waals surface area (Å²) >= 11 is 0. The Balaban J connectivity index is 3.21. The van der Waals surface area contributed by atoms with E-state index in [2.05, 4.69) is 21.2 Å². The van der Waals surface area contributed by atoms with Crippen LogP contribution < -0.4 is 16.9 Å². The van der Waals surface area contributed by atoms with E-state index in [1.807, 2.05) is 5.48 Å². The third-order valence-electron chi connectivity index (χ3n) is 1.95. The lowest BCUT2D eigenvalue weighted by Crippen LogP contribution is -2.26. The third kappa shape index (κ3) is 9.38. The van der Waals surface area contributed by atoms with Gasteiger partial charge in [0.2, 0.25) is 11.8 Å². The predicted octanol–water partition coefficient (Wildman–Crippen LogP) is -0.0739. The number of carbonyl (C=O) groups is 2. The maximum absolute atomic E-state index is 10.9. The Bertz CT molecular complexity index is 189. The normalized spacial score (nSPS) is 9.88. The molecule has 7 nitrogen and oxygen atoms in total. The van der Waals surface area contributed by atoms with Crippen LogP contribution in [0.4, 0.5) is 0 Å². The monoisotopic (exact) mass is 233 g/mol. The van der Waals surface area contributed by atoms with Crippen molar-refractivity contribution in [1.29, 1.82) is 0 Å². The van der Waals surface area contributed by atoms with Gasteiger partial charge in [-0.2, -0.15) is 10.8 Å². The molecule has 0 unspecified atom stereocenters. The van der Waals surface area contributed by atoms with E-state index in [0.717, 1.165) is 25.7 Å². The van der Waals surface area contributed by atoms with Gasteiger partial charge in [-0.3, -0.25) is 14.4 Å². The highest BCUT2D eigenvalue weighted by atomic mass is 16.8. The van der Waals surface area contributed by atoms with Crippen LogP contribution >= 0.6 is 0 Å². The summed E-state index contributed by atoms with van der Waals surface area (Å²) in [5.74, 6) is 4.29. The largest absolute Gasteiger partial charge is 0.277 e. The van der Waals surface area contributed by atoms with E-state index in [1.54, 1.807) is 0 Å². The molecule has 2 amide bonds. The molecular weight excluding hydrogens is 214 g/mol. The number of rotatable bonds is 9. The molecule has 0 radical (unpaired) electrons. The van der Waals surface area contributed by atoms with E-state index in [-0.39, 0.29) is 11.8 Å². The lowest BCUT2D eigenvalue weighted by molar-refractivity contribution is -0.134. The number of nitrogens with one attached hydrogen (secondary N) is 2. The van der Waals surface area contributed by atoms with Crippen LogP contribution in [-0.4, -0.2) is 18.9 Å². The van der Waals surface area contributed by atoms with Crippen molar-refractivity contribution in [3.05, 3.63) is 0 Å². The van der Waals surface area contributed by atoms with E-state index in [0.29, 0.717) is 12.8 Å². The standard InChI is InChI=1S/C9H19N3O4/c1-15-11-8(13)6-4-2-3-5-7-9(14)12-16-10/h2-7,10H2,1H3,(H,11,13)(H,12,14). The van der Waals surface area contributed by atoms with Gasteiger partial charge in [-0.05, 0) is 12.8 Å². The summed E-state index contributed by atoms with van der Waals surface area (Å²) in [5.41, 5.74) is 4.27. The van der Waals surface area contributed by atoms with Gasteiger partial charge >= 0.3 is 0 Å². The number of unbranched alkanes of at least 4 members (excludes halogenated alkanes) is 3. The number of nitrogens with two attached hydrogens (primary N) is 1. The molecule has 0 bridgehead atoms. The second-order valence-corrected chi connectivity index (χ2v) is 3.29. The molecule has 0 aliphatic heterocycles. The van der Waals surface area contributed by atoms with Gasteiger partial charge in [0.1, 0.15) is 0 Å². The van der Waals surface area contributed by atoms with Crippen molar-refractivity contribution in [3.8, 4) is 0 Å². The average Bonchev–Trinajstić information content (AvgIpc) is 2.24. The lowest BCUT2D eigenvalue weighted by atomic mass is 10.1. The van der Waals surface area contributed by atoms with E-state index in [4.69, 9.17) is 0 Å². The molecule has 16 heavy (non-hydrogen) atoms. The Hall–Kier alpha value is -1.18.